The summed E-state index contributed by atoms with van der Waals surface area (Å²) >= 11 is 11.3. The summed E-state index contributed by atoms with van der Waals surface area (Å²) in [6.45, 7) is 17.5. The Morgan fingerprint density at radius 2 is 1.35 bits per heavy atom. The van der Waals surface area contributed by atoms with Crippen LogP contribution in [-0.4, -0.2) is 70.2 Å². The first-order valence-corrected chi connectivity index (χ1v) is 20.4. The Labute approximate surface area is 336 Å². The van der Waals surface area contributed by atoms with E-state index in [9.17, 15) is 35.2 Å². The second kappa shape index (κ2) is 18.4. The number of carbonyl (C=O) groups is 2. The smallest absolute Gasteiger partial charge is 0.274 e. The number of halogens is 3. The molecule has 0 unspecified atom stereocenters. The predicted octanol–water partition coefficient (Wildman–Crippen LogP) is 5.46. The highest BCUT2D eigenvalue weighted by Crippen LogP contribution is 2.27. The maximum absolute atomic E-state index is 13.5. The third-order valence-electron chi connectivity index (χ3n) is 7.22. The van der Waals surface area contributed by atoms with E-state index in [-0.39, 0.29) is 28.8 Å². The van der Waals surface area contributed by atoms with E-state index in [1.807, 2.05) is 6.92 Å². The summed E-state index contributed by atoms with van der Waals surface area (Å²) in [4.78, 5) is 49.5. The van der Waals surface area contributed by atoms with Gasteiger partial charge in [-0.2, -0.15) is 0 Å². The summed E-state index contributed by atoms with van der Waals surface area (Å²) in [6.07, 6.45) is 3.11. The molecule has 0 aliphatic heterocycles. The zero-order chi connectivity index (χ0) is 42.2. The number of nitrogens with zero attached hydrogens (tertiary/aromatic N) is 5. The highest BCUT2D eigenvalue weighted by atomic mass is 35.5. The van der Waals surface area contributed by atoms with E-state index in [0.29, 0.717) is 32.3 Å². The van der Waals surface area contributed by atoms with Gasteiger partial charge in [0.1, 0.15) is 50.7 Å². The summed E-state index contributed by atoms with van der Waals surface area (Å²) in [5.74, 6) is -2.62. The number of alkyl halides is 1. The van der Waals surface area contributed by atoms with Gasteiger partial charge in [0, 0.05) is 22.5 Å². The molecule has 2 amide bonds. The van der Waals surface area contributed by atoms with Gasteiger partial charge in [0.05, 0.1) is 16.8 Å². The number of carbonyl (C=O) groups excluding carboxylic acids is 2. The van der Waals surface area contributed by atoms with Crippen LogP contribution in [0.25, 0.3) is 31.8 Å². The Morgan fingerprint density at radius 3 is 1.86 bits per heavy atom. The number of nitrogens with one attached hydrogen (secondary N) is 5. The Bertz CT molecular complexity index is 2910. The van der Waals surface area contributed by atoms with E-state index >= 15 is 0 Å². The molecule has 25 heteroatoms. The number of pyridine rings is 2. The number of hydrogen-bond acceptors (Lipinski definition) is 11. The molecule has 4 heterocycles. The fraction of sp³-hybridized carbons (Fsp3) is 0.125. The van der Waals surface area contributed by atoms with Crippen molar-refractivity contribution in [3.05, 3.63) is 99.2 Å². The lowest BCUT2D eigenvalue weighted by atomic mass is 10.2. The lowest BCUT2D eigenvalue weighted by molar-refractivity contribution is -0.114. The largest absolute Gasteiger partial charge is 0.360 e. The third kappa shape index (κ3) is 11.4. The van der Waals surface area contributed by atoms with Crippen LogP contribution >= 0.6 is 35.6 Å². The molecule has 296 valence electrons. The number of aryl methyl sites for hydroxylation is 2. The number of benzene rings is 2. The molecule has 9 N–H and O–H groups in total. The molecule has 0 atom stereocenters. The van der Waals surface area contributed by atoms with E-state index in [1.54, 1.807) is 13.1 Å². The maximum Gasteiger partial charge on any atom is 0.274 e. The lowest BCUT2D eigenvalue weighted by Crippen LogP contribution is -2.17. The van der Waals surface area contributed by atoms with Crippen LogP contribution in [0.4, 0.5) is 31.8 Å². The predicted molar refractivity (Wildman–Crippen MR) is 211 cm³/mol. The monoisotopic (exact) mass is 876 g/mol. The van der Waals surface area contributed by atoms with Crippen LogP contribution in [0.3, 0.4) is 0 Å². The van der Waals surface area contributed by atoms with E-state index < -0.39 is 53.3 Å². The van der Waals surface area contributed by atoms with Crippen molar-refractivity contribution in [1.82, 2.24) is 29.9 Å². The molecular weight excluding hydrogens is 850 g/mol. The van der Waals surface area contributed by atoms with Crippen molar-refractivity contribution < 1.29 is 35.2 Å². The number of anilines is 2. The van der Waals surface area contributed by atoms with Crippen LogP contribution in [0.1, 0.15) is 11.1 Å². The SMILES string of the molecule is NS(=O)(=O)c1cc(NC(=O)CCl)ccc1F.[C-]#[N+]c1ncc2[nH]c(=S)[nH]c2c1C.[C-]#[N+]c1ncc2[nH]c(SCC(=O)Nc3ccc(F)c(S(N)(=O)=O)c3)nc2c1C. The van der Waals surface area contributed by atoms with Crippen LogP contribution in [-0.2, 0) is 29.6 Å². The number of rotatable bonds is 8. The molecule has 0 saturated carbocycles. The number of aromatic nitrogens is 6. The minimum atomic E-state index is -4.25. The van der Waals surface area contributed by atoms with Gasteiger partial charge in [-0.15, -0.1) is 21.6 Å². The van der Waals surface area contributed by atoms with Gasteiger partial charge < -0.3 is 35.3 Å². The standard InChI is InChI=1S/C16H13FN6O3S2.C8H8ClFN2O3S.C8H6N4S/c1-8-14-11(6-20-15(8)19-2)22-16(23-14)27-7-13(24)21-9-3-4-10(17)12(5-9)28(18,25)26;9-4-8(13)12-5-1-2-6(10)7(3-5)16(11,14)15;1-4-6-5(11-8(13)12-6)3-10-7(4)9-2/h3-6H,7H2,1H3,(H,21,24)(H,22,23)(H2,18,25,26);1-3H,4H2,(H,12,13)(H2,11,14,15);3H,1H3,(H2,11,12,13). The van der Waals surface area contributed by atoms with Crippen molar-refractivity contribution in [3.8, 4) is 0 Å². The molecule has 0 saturated heterocycles. The fourth-order valence-corrected chi connectivity index (χ4v) is 6.83. The molecule has 0 aliphatic carbocycles. The second-order valence-corrected chi connectivity index (χ2v) is 15.9. The molecule has 6 rings (SSSR count). The van der Waals surface area contributed by atoms with Crippen LogP contribution in [0.2, 0.25) is 0 Å². The quantitative estimate of drug-likeness (QED) is 0.0436. The molecule has 57 heavy (non-hydrogen) atoms. The molecule has 6 aromatic rings. The average Bonchev–Trinajstić information content (AvgIpc) is 3.76. The summed E-state index contributed by atoms with van der Waals surface area (Å²) in [5, 5.41) is 14.9. The first-order chi connectivity index (χ1) is 26.7. The third-order valence-corrected chi connectivity index (χ3v) is 10.4. The normalized spacial score (nSPS) is 11.0. The number of primary sulfonamides is 2. The topological polar surface area (TPSA) is 273 Å². The number of fused-ring (bicyclic) bond motifs is 2. The second-order valence-electron chi connectivity index (χ2n) is 11.2. The first-order valence-electron chi connectivity index (χ1n) is 15.4. The summed E-state index contributed by atoms with van der Waals surface area (Å²) in [7, 11) is -8.40. The number of sulfonamides is 2. The summed E-state index contributed by atoms with van der Waals surface area (Å²) < 4.78 is 71.8. The molecular formula is C32H27ClF2N12O6S4. The van der Waals surface area contributed by atoms with E-state index in [2.05, 4.69) is 50.2 Å². The van der Waals surface area contributed by atoms with E-state index in [0.717, 1.165) is 52.6 Å². The van der Waals surface area contributed by atoms with Gasteiger partial charge in [0.15, 0.2) is 9.93 Å². The Hall–Kier alpha value is -5.86. The van der Waals surface area contributed by atoms with Crippen LogP contribution < -0.4 is 20.9 Å². The highest BCUT2D eigenvalue weighted by molar-refractivity contribution is 7.99. The zero-order valence-corrected chi connectivity index (χ0v) is 33.2. The number of nitrogens with two attached hydrogens (primary N) is 2. The van der Waals surface area contributed by atoms with Gasteiger partial charge in [0.2, 0.25) is 31.9 Å². The van der Waals surface area contributed by atoms with Gasteiger partial charge in [-0.1, -0.05) is 24.9 Å². The first kappa shape index (κ1) is 43.9. The van der Waals surface area contributed by atoms with E-state index in [1.165, 1.54) is 18.3 Å². The Kier molecular flexibility index (Phi) is 14.2. The number of hydrogen-bond donors (Lipinski definition) is 7. The maximum atomic E-state index is 13.5. The van der Waals surface area contributed by atoms with E-state index in [4.69, 9.17) is 47.2 Å². The molecule has 0 fully saturated rings. The van der Waals surface area contributed by atoms with Crippen molar-refractivity contribution >= 4 is 113 Å². The van der Waals surface area contributed by atoms with Crippen molar-refractivity contribution in [2.24, 2.45) is 10.3 Å². The Balaban J connectivity index is 0.000000209. The number of amides is 2. The minimum absolute atomic E-state index is 0.0376. The number of aromatic amines is 3. The molecule has 0 bridgehead atoms. The van der Waals surface area contributed by atoms with Crippen LogP contribution in [0.5, 0.6) is 0 Å². The van der Waals surface area contributed by atoms with Crippen LogP contribution in [0.15, 0.2) is 63.7 Å². The van der Waals surface area contributed by atoms with Gasteiger partial charge in [-0.3, -0.25) is 9.59 Å². The molecule has 2 aromatic carbocycles. The van der Waals surface area contributed by atoms with Gasteiger partial charge >= 0.3 is 0 Å². The molecule has 0 radical (unpaired) electrons. The fourth-order valence-electron chi connectivity index (χ4n) is 4.61. The zero-order valence-electron chi connectivity index (χ0n) is 29.1. The van der Waals surface area contributed by atoms with Gasteiger partial charge in [-0.05, 0) is 62.5 Å². The molecule has 0 aliphatic rings. The highest BCUT2D eigenvalue weighted by Gasteiger charge is 2.18. The lowest BCUT2D eigenvalue weighted by Gasteiger charge is -2.07. The molecule has 4 aromatic heterocycles. The molecule has 0 spiro atoms. The summed E-state index contributed by atoms with van der Waals surface area (Å²) in [6, 6.07) is 6.11. The number of thioether (sulfide) groups is 1. The number of imidazole rings is 2. The van der Waals surface area contributed by atoms with Gasteiger partial charge in [0.25, 0.3) is 11.6 Å². The van der Waals surface area contributed by atoms with Crippen molar-refractivity contribution in [3.63, 3.8) is 0 Å². The minimum Gasteiger partial charge on any atom is -0.360 e. The number of H-pyrrole nitrogens is 3. The molecule has 18 nitrogen and oxygen atoms in total. The summed E-state index contributed by atoms with van der Waals surface area (Å²) in [5.41, 5.74) is 4.63. The van der Waals surface area contributed by atoms with Gasteiger partial charge in [-0.25, -0.2) is 40.9 Å². The average molecular weight is 877 g/mol. The van der Waals surface area contributed by atoms with Crippen molar-refractivity contribution in [2.75, 3.05) is 22.3 Å². The van der Waals surface area contributed by atoms with Crippen molar-refractivity contribution in [1.29, 1.82) is 0 Å². The van der Waals surface area contributed by atoms with Crippen LogP contribution in [0, 0.1) is 43.4 Å². The van der Waals surface area contributed by atoms with Crippen molar-refractivity contribution in [2.45, 2.75) is 28.8 Å². The Morgan fingerprint density at radius 1 is 0.842 bits per heavy atom.